The van der Waals surface area contributed by atoms with E-state index in [1.165, 1.54) is 0 Å². The van der Waals surface area contributed by atoms with Crippen molar-refractivity contribution in [2.24, 2.45) is 0 Å². The Kier molecular flexibility index (Phi) is 2.60. The number of hydrogen-bond acceptors (Lipinski definition) is 4. The molecule has 0 atom stereocenters. The summed E-state index contributed by atoms with van der Waals surface area (Å²) < 4.78 is 10.5. The van der Waals surface area contributed by atoms with E-state index in [2.05, 4.69) is 0 Å². The minimum Gasteiger partial charge on any atom is -0.507 e. The molecular formula is C18H12O4. The summed E-state index contributed by atoms with van der Waals surface area (Å²) in [6, 6.07) is 14.3. The molecule has 4 heteroatoms. The average molecular weight is 292 g/mol. The Hall–Kier alpha value is -3.01. The monoisotopic (exact) mass is 292 g/mol. The van der Waals surface area contributed by atoms with Gasteiger partial charge in [-0.05, 0) is 23.6 Å². The molecule has 4 aromatic rings. The van der Waals surface area contributed by atoms with Crippen LogP contribution in [0, 0.1) is 0 Å². The molecular weight excluding hydrogens is 280 g/mol. The van der Waals surface area contributed by atoms with E-state index in [-0.39, 0.29) is 5.75 Å². The number of phenols is 1. The molecule has 0 spiro atoms. The summed E-state index contributed by atoms with van der Waals surface area (Å²) in [5, 5.41) is 13.7. The summed E-state index contributed by atoms with van der Waals surface area (Å²) in [4.78, 5) is 12.3. The molecule has 0 saturated carbocycles. The minimum atomic E-state index is -0.475. The lowest BCUT2D eigenvalue weighted by atomic mass is 10.0. The Bertz CT molecular complexity index is 1090. The Morgan fingerprint density at radius 3 is 2.64 bits per heavy atom. The van der Waals surface area contributed by atoms with Gasteiger partial charge in [0.2, 0.25) is 0 Å². The van der Waals surface area contributed by atoms with Crippen molar-refractivity contribution in [1.29, 1.82) is 0 Å². The summed E-state index contributed by atoms with van der Waals surface area (Å²) in [7, 11) is 1.55. The van der Waals surface area contributed by atoms with Crippen LogP contribution in [0.3, 0.4) is 0 Å². The van der Waals surface area contributed by atoms with Crippen LogP contribution < -0.4 is 10.4 Å². The molecule has 0 saturated heterocycles. The average Bonchev–Trinajstić information content (AvgIpc) is 2.55. The topological polar surface area (TPSA) is 59.7 Å². The van der Waals surface area contributed by atoms with E-state index in [1.807, 2.05) is 24.3 Å². The largest absolute Gasteiger partial charge is 0.507 e. The Morgan fingerprint density at radius 1 is 1.00 bits per heavy atom. The number of benzene rings is 3. The normalized spacial score (nSPS) is 11.3. The maximum Gasteiger partial charge on any atom is 0.344 e. The highest BCUT2D eigenvalue weighted by atomic mass is 16.5. The van der Waals surface area contributed by atoms with Crippen molar-refractivity contribution in [2.75, 3.05) is 7.11 Å². The third-order valence-corrected chi connectivity index (χ3v) is 3.90. The van der Waals surface area contributed by atoms with Gasteiger partial charge in [-0.25, -0.2) is 4.79 Å². The number of ether oxygens (including phenoxy) is 1. The van der Waals surface area contributed by atoms with Gasteiger partial charge in [-0.2, -0.15) is 0 Å². The Morgan fingerprint density at radius 2 is 1.82 bits per heavy atom. The molecule has 0 radical (unpaired) electrons. The van der Waals surface area contributed by atoms with Crippen molar-refractivity contribution in [3.8, 4) is 11.5 Å². The van der Waals surface area contributed by atoms with E-state index in [0.29, 0.717) is 32.9 Å². The number of methoxy groups -OCH3 is 1. The van der Waals surface area contributed by atoms with Gasteiger partial charge in [0.25, 0.3) is 0 Å². The van der Waals surface area contributed by atoms with Crippen molar-refractivity contribution in [1.82, 2.24) is 0 Å². The van der Waals surface area contributed by atoms with Crippen LogP contribution in [0.15, 0.2) is 57.7 Å². The molecule has 0 amide bonds. The molecule has 4 nitrogen and oxygen atoms in total. The van der Waals surface area contributed by atoms with E-state index in [0.717, 1.165) is 5.39 Å². The van der Waals surface area contributed by atoms with Crippen LogP contribution in [-0.4, -0.2) is 12.2 Å². The van der Waals surface area contributed by atoms with Crippen LogP contribution in [0.1, 0.15) is 0 Å². The maximum atomic E-state index is 12.3. The zero-order chi connectivity index (χ0) is 15.3. The highest BCUT2D eigenvalue weighted by Crippen LogP contribution is 2.37. The predicted octanol–water partition coefficient (Wildman–Crippen LogP) is 3.81. The van der Waals surface area contributed by atoms with Crippen LogP contribution >= 0.6 is 0 Å². The van der Waals surface area contributed by atoms with Gasteiger partial charge in [0.05, 0.1) is 12.5 Å². The predicted molar refractivity (Wildman–Crippen MR) is 85.7 cm³/mol. The second-order valence-electron chi connectivity index (χ2n) is 5.12. The first-order valence-electron chi connectivity index (χ1n) is 6.84. The Labute approximate surface area is 125 Å². The summed E-state index contributed by atoms with van der Waals surface area (Å²) in [6.45, 7) is 0. The number of hydrogen-bond donors (Lipinski definition) is 1. The Balaban J connectivity index is 2.29. The highest BCUT2D eigenvalue weighted by molar-refractivity contribution is 6.15. The molecule has 0 fully saturated rings. The molecule has 1 heterocycles. The lowest BCUT2D eigenvalue weighted by Crippen LogP contribution is -2.00. The molecule has 0 unspecified atom stereocenters. The molecule has 1 N–H and O–H groups in total. The van der Waals surface area contributed by atoms with Crippen molar-refractivity contribution < 1.29 is 14.3 Å². The van der Waals surface area contributed by atoms with Crippen LogP contribution in [-0.2, 0) is 0 Å². The number of rotatable bonds is 1. The van der Waals surface area contributed by atoms with Gasteiger partial charge in [0, 0.05) is 22.2 Å². The summed E-state index contributed by atoms with van der Waals surface area (Å²) in [6.07, 6.45) is 0. The zero-order valence-electron chi connectivity index (χ0n) is 11.8. The fourth-order valence-electron chi connectivity index (χ4n) is 2.84. The number of phenolic OH excluding ortho intramolecular Hbond substituents is 1. The number of aromatic hydroxyl groups is 1. The van der Waals surface area contributed by atoms with Gasteiger partial charge >= 0.3 is 5.63 Å². The van der Waals surface area contributed by atoms with Gasteiger partial charge in [-0.1, -0.05) is 24.3 Å². The van der Waals surface area contributed by atoms with Crippen molar-refractivity contribution in [3.05, 3.63) is 59.0 Å². The minimum absolute atomic E-state index is 0.0937. The van der Waals surface area contributed by atoms with Crippen molar-refractivity contribution >= 4 is 32.5 Å². The van der Waals surface area contributed by atoms with Crippen LogP contribution in [0.5, 0.6) is 11.5 Å². The van der Waals surface area contributed by atoms with Crippen LogP contribution in [0.2, 0.25) is 0 Å². The molecule has 108 valence electrons. The van der Waals surface area contributed by atoms with Gasteiger partial charge in [0.15, 0.2) is 0 Å². The van der Waals surface area contributed by atoms with E-state index in [1.54, 1.807) is 31.4 Å². The van der Waals surface area contributed by atoms with E-state index in [4.69, 9.17) is 9.15 Å². The quantitative estimate of drug-likeness (QED) is 0.329. The van der Waals surface area contributed by atoms with Gasteiger partial charge in [-0.3, -0.25) is 0 Å². The first-order chi connectivity index (χ1) is 10.7. The maximum absolute atomic E-state index is 12.3. The van der Waals surface area contributed by atoms with Crippen molar-refractivity contribution in [3.63, 3.8) is 0 Å². The van der Waals surface area contributed by atoms with E-state index >= 15 is 0 Å². The molecule has 1 aromatic heterocycles. The van der Waals surface area contributed by atoms with Crippen LogP contribution in [0.25, 0.3) is 32.5 Å². The number of fused-ring (bicyclic) bond motifs is 4. The van der Waals surface area contributed by atoms with Gasteiger partial charge in [-0.15, -0.1) is 0 Å². The molecule has 0 aliphatic rings. The first-order valence-corrected chi connectivity index (χ1v) is 6.84. The SMILES string of the molecule is COc1ccc2c(c1)oc(=O)c1cc3ccccc3c(O)c12. The fourth-order valence-corrected chi connectivity index (χ4v) is 2.84. The highest BCUT2D eigenvalue weighted by Gasteiger charge is 2.14. The third kappa shape index (κ3) is 1.67. The molecule has 0 aliphatic heterocycles. The second-order valence-corrected chi connectivity index (χ2v) is 5.12. The molecule has 0 bridgehead atoms. The molecule has 22 heavy (non-hydrogen) atoms. The van der Waals surface area contributed by atoms with Gasteiger partial charge in [0.1, 0.15) is 17.1 Å². The molecule has 3 aromatic carbocycles. The third-order valence-electron chi connectivity index (χ3n) is 3.90. The smallest absolute Gasteiger partial charge is 0.344 e. The van der Waals surface area contributed by atoms with Crippen molar-refractivity contribution in [2.45, 2.75) is 0 Å². The zero-order valence-corrected chi connectivity index (χ0v) is 11.8. The van der Waals surface area contributed by atoms with E-state index in [9.17, 15) is 9.90 Å². The summed E-state index contributed by atoms with van der Waals surface area (Å²) in [5.74, 6) is 0.687. The summed E-state index contributed by atoms with van der Waals surface area (Å²) >= 11 is 0. The van der Waals surface area contributed by atoms with Gasteiger partial charge < -0.3 is 14.3 Å². The lowest BCUT2D eigenvalue weighted by Gasteiger charge is -2.09. The second kappa shape index (κ2) is 4.49. The molecule has 0 aliphatic carbocycles. The van der Waals surface area contributed by atoms with E-state index < -0.39 is 5.63 Å². The first kappa shape index (κ1) is 12.7. The molecule has 4 rings (SSSR count). The standard InChI is InChI=1S/C18H12O4/c1-21-11-6-7-13-15(9-11)22-18(20)14-8-10-4-2-3-5-12(10)17(19)16(13)14/h2-9,19H,1H3. The summed E-state index contributed by atoms with van der Waals surface area (Å²) in [5.41, 5.74) is -0.0840. The lowest BCUT2D eigenvalue weighted by molar-refractivity contribution is 0.414. The van der Waals surface area contributed by atoms with Crippen LogP contribution in [0.4, 0.5) is 0 Å². The fraction of sp³-hybridized carbons (Fsp3) is 0.0556.